The van der Waals surface area contributed by atoms with Gasteiger partial charge < -0.3 is 10.1 Å². The van der Waals surface area contributed by atoms with Crippen molar-refractivity contribution >= 4 is 17.3 Å². The number of rotatable bonds is 5. The Labute approximate surface area is 134 Å². The van der Waals surface area contributed by atoms with Crippen LogP contribution in [0.15, 0.2) is 30.3 Å². The van der Waals surface area contributed by atoms with Crippen molar-refractivity contribution in [2.24, 2.45) is 0 Å². The van der Waals surface area contributed by atoms with Gasteiger partial charge in [-0.2, -0.15) is 5.26 Å². The van der Waals surface area contributed by atoms with Gasteiger partial charge in [-0.1, -0.05) is 12.1 Å². The highest BCUT2D eigenvalue weighted by molar-refractivity contribution is 7.14. The maximum atomic E-state index is 11.5. The highest BCUT2D eigenvalue weighted by atomic mass is 32.1. The molecule has 0 aliphatic heterocycles. The van der Waals surface area contributed by atoms with Crippen LogP contribution in [0.1, 0.15) is 44.2 Å². The lowest BCUT2D eigenvalue weighted by Gasteiger charge is -2.14. The molecule has 114 valence electrons. The van der Waals surface area contributed by atoms with Crippen LogP contribution in [-0.2, 0) is 11.3 Å². The summed E-state index contributed by atoms with van der Waals surface area (Å²) in [7, 11) is 1.39. The van der Waals surface area contributed by atoms with Crippen molar-refractivity contribution < 1.29 is 9.53 Å². The molecule has 1 aromatic heterocycles. The molecule has 1 aromatic carbocycles. The number of hydrogen-bond acceptors (Lipinski definition) is 5. The Hall–Kier alpha value is -2.16. The van der Waals surface area contributed by atoms with Crippen LogP contribution in [0.4, 0.5) is 0 Å². The van der Waals surface area contributed by atoms with Gasteiger partial charge in [-0.15, -0.1) is 11.3 Å². The molecule has 22 heavy (non-hydrogen) atoms. The molecule has 0 radical (unpaired) electrons. The van der Waals surface area contributed by atoms with E-state index in [9.17, 15) is 4.79 Å². The van der Waals surface area contributed by atoms with E-state index in [4.69, 9.17) is 10.00 Å². The van der Waals surface area contributed by atoms with Gasteiger partial charge in [0.05, 0.1) is 18.7 Å². The first-order valence-corrected chi connectivity index (χ1v) is 7.78. The number of carbonyl (C=O) groups excluding carboxylic acids is 1. The van der Waals surface area contributed by atoms with Crippen LogP contribution < -0.4 is 5.32 Å². The number of ether oxygens (including phenoxy) is 1. The predicted octanol–water partition coefficient (Wildman–Crippen LogP) is 3.57. The lowest BCUT2D eigenvalue weighted by atomic mass is 10.1. The molecule has 4 nitrogen and oxygen atoms in total. The van der Waals surface area contributed by atoms with Crippen molar-refractivity contribution in [3.05, 3.63) is 56.8 Å². The molecule has 1 heterocycles. The van der Waals surface area contributed by atoms with Gasteiger partial charge in [0.25, 0.3) is 0 Å². The van der Waals surface area contributed by atoms with E-state index in [-0.39, 0.29) is 12.0 Å². The van der Waals surface area contributed by atoms with Crippen molar-refractivity contribution in [1.29, 1.82) is 5.26 Å². The van der Waals surface area contributed by atoms with E-state index >= 15 is 0 Å². The van der Waals surface area contributed by atoms with Gasteiger partial charge in [0.1, 0.15) is 4.88 Å². The van der Waals surface area contributed by atoms with Crippen LogP contribution in [-0.4, -0.2) is 13.1 Å². The molecule has 0 saturated heterocycles. The molecule has 0 aliphatic carbocycles. The second-order valence-corrected chi connectivity index (χ2v) is 6.28. The van der Waals surface area contributed by atoms with E-state index in [1.165, 1.54) is 18.4 Å². The topological polar surface area (TPSA) is 62.1 Å². The van der Waals surface area contributed by atoms with Crippen LogP contribution >= 0.6 is 11.3 Å². The third-order valence-corrected chi connectivity index (χ3v) is 4.62. The number of nitrogens with zero attached hydrogens (tertiary/aromatic N) is 1. The zero-order valence-electron chi connectivity index (χ0n) is 12.8. The average Bonchev–Trinajstić information content (AvgIpc) is 2.93. The number of nitrogens with one attached hydrogen (secondary N) is 1. The molecule has 1 atom stereocenters. The number of esters is 1. The predicted molar refractivity (Wildman–Crippen MR) is 86.8 cm³/mol. The minimum Gasteiger partial charge on any atom is -0.465 e. The summed E-state index contributed by atoms with van der Waals surface area (Å²) in [4.78, 5) is 13.3. The monoisotopic (exact) mass is 314 g/mol. The SMILES string of the molecule is COC(=O)c1cc(CNC(C)c2ccc(C#N)cc2)c(C)s1. The molecule has 2 rings (SSSR count). The second-order valence-electron chi connectivity index (χ2n) is 5.02. The van der Waals surface area contributed by atoms with Crippen LogP contribution in [0, 0.1) is 18.3 Å². The van der Waals surface area contributed by atoms with E-state index in [1.807, 2.05) is 37.3 Å². The minimum absolute atomic E-state index is 0.161. The molecule has 0 aliphatic rings. The Morgan fingerprint density at radius 2 is 2.09 bits per heavy atom. The standard InChI is InChI=1S/C17H18N2O2S/c1-11(14-6-4-13(9-18)5-7-14)19-10-15-8-16(17(20)21-3)22-12(15)2/h4-8,11,19H,10H2,1-3H3. The van der Waals surface area contributed by atoms with Gasteiger partial charge in [-0.05, 0) is 43.2 Å². The third-order valence-electron chi connectivity index (χ3n) is 3.55. The number of carbonyl (C=O) groups is 1. The summed E-state index contributed by atoms with van der Waals surface area (Å²) < 4.78 is 4.75. The summed E-state index contributed by atoms with van der Waals surface area (Å²) in [5, 5.41) is 12.3. The molecule has 0 fully saturated rings. The first kappa shape index (κ1) is 16.2. The molecule has 2 aromatic rings. The summed E-state index contributed by atoms with van der Waals surface area (Å²) in [6.07, 6.45) is 0. The first-order chi connectivity index (χ1) is 10.5. The summed E-state index contributed by atoms with van der Waals surface area (Å²) >= 11 is 1.45. The molecule has 1 unspecified atom stereocenters. The molecule has 0 bridgehead atoms. The number of benzene rings is 1. The molecule has 1 N–H and O–H groups in total. The van der Waals surface area contributed by atoms with Gasteiger partial charge in [-0.3, -0.25) is 0 Å². The maximum absolute atomic E-state index is 11.5. The average molecular weight is 314 g/mol. The van der Waals surface area contributed by atoms with Crippen molar-refractivity contribution in [3.8, 4) is 6.07 Å². The molecule has 5 heteroatoms. The fourth-order valence-electron chi connectivity index (χ4n) is 2.12. The lowest BCUT2D eigenvalue weighted by molar-refractivity contribution is 0.0606. The Morgan fingerprint density at radius 3 is 2.68 bits per heavy atom. The smallest absolute Gasteiger partial charge is 0.348 e. The Balaban J connectivity index is 2.01. The molecule has 0 saturated carbocycles. The fraction of sp³-hybridized carbons (Fsp3) is 0.294. The number of nitriles is 1. The minimum atomic E-state index is -0.292. The second kappa shape index (κ2) is 7.21. The highest BCUT2D eigenvalue weighted by Gasteiger charge is 2.13. The van der Waals surface area contributed by atoms with Crippen LogP contribution in [0.5, 0.6) is 0 Å². The quantitative estimate of drug-likeness (QED) is 0.857. The van der Waals surface area contributed by atoms with Gasteiger partial charge in [-0.25, -0.2) is 4.79 Å². The van der Waals surface area contributed by atoms with Crippen molar-refractivity contribution in [2.45, 2.75) is 26.4 Å². The summed E-state index contributed by atoms with van der Waals surface area (Å²) in [6.45, 7) is 4.76. The number of methoxy groups -OCH3 is 1. The third kappa shape index (κ3) is 3.73. The van der Waals surface area contributed by atoms with E-state index in [0.717, 1.165) is 16.0 Å². The van der Waals surface area contributed by atoms with Crippen LogP contribution in [0.25, 0.3) is 0 Å². The number of thiophene rings is 1. The van der Waals surface area contributed by atoms with Crippen LogP contribution in [0.3, 0.4) is 0 Å². The van der Waals surface area contributed by atoms with E-state index in [1.54, 1.807) is 0 Å². The molecular weight excluding hydrogens is 296 g/mol. The van der Waals surface area contributed by atoms with E-state index in [2.05, 4.69) is 18.3 Å². The van der Waals surface area contributed by atoms with Gasteiger partial charge in [0.15, 0.2) is 0 Å². The zero-order valence-corrected chi connectivity index (χ0v) is 13.7. The van der Waals surface area contributed by atoms with Crippen LogP contribution in [0.2, 0.25) is 0 Å². The van der Waals surface area contributed by atoms with Crippen molar-refractivity contribution in [2.75, 3.05) is 7.11 Å². The summed E-state index contributed by atoms with van der Waals surface area (Å²) in [5.41, 5.74) is 2.89. The Bertz CT molecular complexity index is 698. The summed E-state index contributed by atoms with van der Waals surface area (Å²) in [5.74, 6) is -0.292. The largest absolute Gasteiger partial charge is 0.465 e. The summed E-state index contributed by atoms with van der Waals surface area (Å²) in [6, 6.07) is 11.7. The number of aryl methyl sites for hydroxylation is 1. The van der Waals surface area contributed by atoms with Gasteiger partial charge >= 0.3 is 5.97 Å². The molecule has 0 spiro atoms. The highest BCUT2D eigenvalue weighted by Crippen LogP contribution is 2.23. The van der Waals surface area contributed by atoms with E-state index in [0.29, 0.717) is 17.0 Å². The van der Waals surface area contributed by atoms with Gasteiger partial charge in [0.2, 0.25) is 0 Å². The first-order valence-electron chi connectivity index (χ1n) is 6.96. The van der Waals surface area contributed by atoms with Gasteiger partial charge in [0, 0.05) is 17.5 Å². The lowest BCUT2D eigenvalue weighted by Crippen LogP contribution is -2.18. The molecular formula is C17H18N2O2S. The van der Waals surface area contributed by atoms with Crippen molar-refractivity contribution in [3.63, 3.8) is 0 Å². The normalized spacial score (nSPS) is 11.7. The zero-order chi connectivity index (χ0) is 16.1. The Kier molecular flexibility index (Phi) is 5.31. The number of hydrogen-bond donors (Lipinski definition) is 1. The van der Waals surface area contributed by atoms with E-state index < -0.39 is 0 Å². The molecule has 0 amide bonds. The fourth-order valence-corrected chi connectivity index (χ4v) is 3.08. The van der Waals surface area contributed by atoms with Crippen molar-refractivity contribution in [1.82, 2.24) is 5.32 Å². The maximum Gasteiger partial charge on any atom is 0.348 e. The Morgan fingerprint density at radius 1 is 1.41 bits per heavy atom.